The maximum atomic E-state index is 14.1. The smallest absolute Gasteiger partial charge is 0.251 e. The lowest BCUT2D eigenvalue weighted by Gasteiger charge is -2.31. The standard InChI is InChI=1S/C37H50N4O4S/c1-7-28-24-38-35-31(28)22-29(23-33(35)41(46(6,44)45)30-18-12-9-13-19-30)36(43)40-32(21-27-16-10-8-11-17-27)34(42)25-39-37(4,5)20-14-15-26(2)3/h8-13,16-19,22-24,26,32,34,38-39,42H,7,14-15,20-21,25H2,1-6H3,(H,40,43)/t32-,34+/m0/s1. The zero-order valence-electron chi connectivity index (χ0n) is 28.0. The Kier molecular flexibility index (Phi) is 11.7. The summed E-state index contributed by atoms with van der Waals surface area (Å²) in [6.45, 7) is 11.1. The highest BCUT2D eigenvalue weighted by molar-refractivity contribution is 7.92. The fraction of sp³-hybridized carbons (Fsp3) is 0.432. The molecule has 2 atom stereocenters. The first-order valence-corrected chi connectivity index (χ1v) is 18.1. The number of rotatable bonds is 16. The van der Waals surface area contributed by atoms with Gasteiger partial charge in [0, 0.05) is 29.2 Å². The van der Waals surface area contributed by atoms with E-state index in [0.717, 1.165) is 42.0 Å². The molecular weight excluding hydrogens is 596 g/mol. The molecule has 0 saturated heterocycles. The molecule has 1 amide bonds. The molecule has 0 unspecified atom stereocenters. The van der Waals surface area contributed by atoms with E-state index >= 15 is 0 Å². The molecule has 4 rings (SSSR count). The number of β-amino-alcohol motifs (C(OH)–C–C–N with tert-alkyl or cyclic N) is 1. The molecule has 0 aliphatic carbocycles. The number of aromatic amines is 1. The number of fused-ring (bicyclic) bond motifs is 1. The normalized spacial score (nSPS) is 13.6. The number of para-hydroxylation sites is 1. The summed E-state index contributed by atoms with van der Waals surface area (Å²) in [4.78, 5) is 17.3. The number of nitrogens with zero attached hydrogens (tertiary/aromatic N) is 1. The van der Waals surface area contributed by atoms with Gasteiger partial charge in [-0.1, -0.05) is 82.1 Å². The van der Waals surface area contributed by atoms with Gasteiger partial charge in [-0.15, -0.1) is 0 Å². The summed E-state index contributed by atoms with van der Waals surface area (Å²) in [5.74, 6) is 0.257. The fourth-order valence-electron chi connectivity index (χ4n) is 5.89. The topological polar surface area (TPSA) is 115 Å². The van der Waals surface area contributed by atoms with Gasteiger partial charge >= 0.3 is 0 Å². The summed E-state index contributed by atoms with van der Waals surface area (Å²) < 4.78 is 27.7. The second kappa shape index (κ2) is 15.3. The van der Waals surface area contributed by atoms with E-state index in [4.69, 9.17) is 0 Å². The Bertz CT molecular complexity index is 1680. The number of benzene rings is 3. The van der Waals surface area contributed by atoms with Crippen molar-refractivity contribution in [3.05, 3.63) is 95.7 Å². The van der Waals surface area contributed by atoms with Crippen LogP contribution in [0.25, 0.3) is 10.9 Å². The van der Waals surface area contributed by atoms with Crippen molar-refractivity contribution in [1.82, 2.24) is 15.6 Å². The van der Waals surface area contributed by atoms with Crippen molar-refractivity contribution in [2.45, 2.75) is 84.4 Å². The zero-order valence-corrected chi connectivity index (χ0v) is 28.8. The van der Waals surface area contributed by atoms with E-state index in [1.54, 1.807) is 36.4 Å². The Hall–Kier alpha value is -3.66. The van der Waals surface area contributed by atoms with Crippen LogP contribution in [-0.2, 0) is 22.9 Å². The van der Waals surface area contributed by atoms with Crippen LogP contribution in [0.15, 0.2) is 79.0 Å². The lowest BCUT2D eigenvalue weighted by atomic mass is 9.93. The van der Waals surface area contributed by atoms with Crippen LogP contribution in [0, 0.1) is 5.92 Å². The average molecular weight is 647 g/mol. The van der Waals surface area contributed by atoms with Crippen LogP contribution in [0.2, 0.25) is 0 Å². The van der Waals surface area contributed by atoms with Crippen molar-refractivity contribution in [2.75, 3.05) is 17.1 Å². The van der Waals surface area contributed by atoms with Gasteiger partial charge in [-0.3, -0.25) is 4.79 Å². The molecule has 0 saturated carbocycles. The molecule has 0 spiro atoms. The third-order valence-corrected chi connectivity index (χ3v) is 9.56. The molecule has 1 aromatic heterocycles. The number of amides is 1. The van der Waals surface area contributed by atoms with E-state index in [9.17, 15) is 18.3 Å². The number of hydrogen-bond acceptors (Lipinski definition) is 5. The highest BCUT2D eigenvalue weighted by Gasteiger charge is 2.28. The second-order valence-electron chi connectivity index (χ2n) is 13.3. The van der Waals surface area contributed by atoms with Gasteiger partial charge in [-0.25, -0.2) is 12.7 Å². The summed E-state index contributed by atoms with van der Waals surface area (Å²) >= 11 is 0. The van der Waals surface area contributed by atoms with Gasteiger partial charge in [0.2, 0.25) is 10.0 Å². The largest absolute Gasteiger partial charge is 0.390 e. The first kappa shape index (κ1) is 35.2. The average Bonchev–Trinajstić information content (AvgIpc) is 3.43. The van der Waals surface area contributed by atoms with Crippen LogP contribution in [0.4, 0.5) is 11.4 Å². The van der Waals surface area contributed by atoms with Crippen molar-refractivity contribution >= 4 is 38.2 Å². The summed E-state index contributed by atoms with van der Waals surface area (Å²) in [5, 5.41) is 18.9. The number of anilines is 2. The summed E-state index contributed by atoms with van der Waals surface area (Å²) in [5.41, 5.74) is 3.56. The molecule has 4 aromatic rings. The second-order valence-corrected chi connectivity index (χ2v) is 15.2. The first-order chi connectivity index (χ1) is 21.8. The van der Waals surface area contributed by atoms with Crippen LogP contribution >= 0.6 is 0 Å². The third kappa shape index (κ3) is 9.21. The number of nitrogens with one attached hydrogen (secondary N) is 3. The van der Waals surface area contributed by atoms with Crippen molar-refractivity contribution in [3.8, 4) is 0 Å². The van der Waals surface area contributed by atoms with E-state index < -0.39 is 22.2 Å². The van der Waals surface area contributed by atoms with E-state index in [2.05, 4.69) is 43.3 Å². The molecule has 8 nitrogen and oxygen atoms in total. The first-order valence-electron chi connectivity index (χ1n) is 16.3. The van der Waals surface area contributed by atoms with E-state index in [1.807, 2.05) is 49.5 Å². The van der Waals surface area contributed by atoms with Gasteiger partial charge in [-0.2, -0.15) is 0 Å². The predicted molar refractivity (Wildman–Crippen MR) is 189 cm³/mol. The summed E-state index contributed by atoms with van der Waals surface area (Å²) in [7, 11) is -3.78. The van der Waals surface area contributed by atoms with Gasteiger partial charge in [0.1, 0.15) is 0 Å². The highest BCUT2D eigenvalue weighted by Crippen LogP contribution is 2.36. The molecule has 0 aliphatic rings. The molecule has 0 bridgehead atoms. The molecule has 9 heteroatoms. The predicted octanol–water partition coefficient (Wildman–Crippen LogP) is 6.72. The molecule has 0 fully saturated rings. The SMILES string of the molecule is CCc1c[nH]c2c(N(c3ccccc3)S(C)(=O)=O)cc(C(=O)N[C@@H](Cc3ccccc3)[C@H](O)CNC(C)(C)CCCC(C)C)cc12. The number of carbonyl (C=O) groups is 1. The lowest BCUT2D eigenvalue weighted by molar-refractivity contribution is 0.0812. The van der Waals surface area contributed by atoms with Gasteiger partial charge < -0.3 is 20.7 Å². The van der Waals surface area contributed by atoms with Crippen molar-refractivity contribution in [2.24, 2.45) is 5.92 Å². The van der Waals surface area contributed by atoms with Gasteiger partial charge in [0.05, 0.1) is 35.3 Å². The number of aliphatic hydroxyl groups excluding tert-OH is 1. The molecule has 248 valence electrons. The maximum Gasteiger partial charge on any atom is 0.251 e. The van der Waals surface area contributed by atoms with Crippen LogP contribution in [0.3, 0.4) is 0 Å². The molecule has 0 aliphatic heterocycles. The Morgan fingerprint density at radius 1 is 1.02 bits per heavy atom. The summed E-state index contributed by atoms with van der Waals surface area (Å²) in [6.07, 6.45) is 6.50. The number of aliphatic hydroxyl groups is 1. The Balaban J connectivity index is 1.67. The fourth-order valence-corrected chi connectivity index (χ4v) is 6.90. The van der Waals surface area contributed by atoms with Crippen LogP contribution in [0.5, 0.6) is 0 Å². The molecule has 0 radical (unpaired) electrons. The number of carbonyl (C=O) groups excluding carboxylic acids is 1. The molecule has 46 heavy (non-hydrogen) atoms. The Morgan fingerprint density at radius 3 is 2.28 bits per heavy atom. The van der Waals surface area contributed by atoms with Gasteiger partial charge in [0.25, 0.3) is 5.91 Å². The monoisotopic (exact) mass is 646 g/mol. The van der Waals surface area contributed by atoms with Crippen molar-refractivity contribution in [3.63, 3.8) is 0 Å². The third-order valence-electron chi connectivity index (χ3n) is 8.49. The number of hydrogen-bond donors (Lipinski definition) is 4. The van der Waals surface area contributed by atoms with Crippen LogP contribution < -0.4 is 14.9 Å². The van der Waals surface area contributed by atoms with Crippen LogP contribution in [0.1, 0.15) is 75.4 Å². The lowest BCUT2D eigenvalue weighted by Crippen LogP contribution is -2.52. The number of aromatic nitrogens is 1. The van der Waals surface area contributed by atoms with Gasteiger partial charge in [-0.05, 0) is 74.4 Å². The van der Waals surface area contributed by atoms with E-state index in [-0.39, 0.29) is 11.4 Å². The molecule has 3 aromatic carbocycles. The van der Waals surface area contributed by atoms with E-state index in [1.165, 1.54) is 4.31 Å². The molecular formula is C37H50N4O4S. The van der Waals surface area contributed by atoms with Crippen LogP contribution in [-0.4, -0.2) is 54.9 Å². The zero-order chi connectivity index (χ0) is 33.5. The number of H-pyrrole nitrogens is 1. The quantitative estimate of drug-likeness (QED) is 0.108. The minimum atomic E-state index is -3.78. The maximum absolute atomic E-state index is 14.1. The molecule has 4 N–H and O–H groups in total. The van der Waals surface area contributed by atoms with Gasteiger partial charge in [0.15, 0.2) is 0 Å². The Labute approximate surface area is 274 Å². The minimum absolute atomic E-state index is 0.172. The van der Waals surface area contributed by atoms with Crippen molar-refractivity contribution in [1.29, 1.82) is 0 Å². The minimum Gasteiger partial charge on any atom is -0.390 e. The number of aryl methyl sites for hydroxylation is 1. The number of sulfonamides is 1. The highest BCUT2D eigenvalue weighted by atomic mass is 32.2. The molecule has 1 heterocycles. The van der Waals surface area contributed by atoms with Crippen molar-refractivity contribution < 1.29 is 18.3 Å². The Morgan fingerprint density at radius 2 is 1.67 bits per heavy atom. The summed E-state index contributed by atoms with van der Waals surface area (Å²) in [6, 6.07) is 21.5. The van der Waals surface area contributed by atoms with E-state index in [0.29, 0.717) is 47.8 Å².